The second-order valence-electron chi connectivity index (χ2n) is 10.2. The van der Waals surface area contributed by atoms with Crippen LogP contribution in [-0.4, -0.2) is 19.3 Å². The van der Waals surface area contributed by atoms with E-state index in [1.165, 1.54) is 38.5 Å². The largest absolute Gasteiger partial charge is 0.491 e. The van der Waals surface area contributed by atoms with Gasteiger partial charge < -0.3 is 9.47 Å². The van der Waals surface area contributed by atoms with E-state index in [2.05, 4.69) is 19.1 Å². The Kier molecular flexibility index (Phi) is 8.26. The predicted octanol–water partition coefficient (Wildman–Crippen LogP) is 7.82. The van der Waals surface area contributed by atoms with Crippen LogP contribution in [0.4, 0.5) is 8.78 Å². The van der Waals surface area contributed by atoms with Crippen LogP contribution < -0.4 is 4.74 Å². The Labute approximate surface area is 192 Å². The summed E-state index contributed by atoms with van der Waals surface area (Å²) in [5, 5.41) is 0. The van der Waals surface area contributed by atoms with Crippen LogP contribution in [0, 0.1) is 35.3 Å². The van der Waals surface area contributed by atoms with Gasteiger partial charge in [0.15, 0.2) is 11.6 Å². The maximum absolute atomic E-state index is 14.6. The van der Waals surface area contributed by atoms with E-state index < -0.39 is 11.6 Å². The van der Waals surface area contributed by atoms with Gasteiger partial charge in [-0.3, -0.25) is 0 Å². The van der Waals surface area contributed by atoms with E-state index in [4.69, 9.17) is 9.47 Å². The Bertz CT molecular complexity index is 753. The zero-order valence-electron chi connectivity index (χ0n) is 19.8. The molecule has 1 saturated heterocycles. The van der Waals surface area contributed by atoms with Gasteiger partial charge in [-0.25, -0.2) is 4.39 Å². The zero-order chi connectivity index (χ0) is 22.5. The van der Waals surface area contributed by atoms with E-state index in [0.29, 0.717) is 30.1 Å². The van der Waals surface area contributed by atoms with Crippen molar-refractivity contribution in [2.75, 3.05) is 13.2 Å². The van der Waals surface area contributed by atoms with Gasteiger partial charge in [-0.1, -0.05) is 18.2 Å². The summed E-state index contributed by atoms with van der Waals surface area (Å²) in [6, 6.07) is 3.32. The third-order valence-electron chi connectivity index (χ3n) is 8.41. The molecule has 4 rings (SSSR count). The quantitative estimate of drug-likeness (QED) is 0.415. The van der Waals surface area contributed by atoms with Crippen LogP contribution in [0.25, 0.3) is 0 Å². The molecule has 2 atom stereocenters. The molecular formula is C28H40F2O2. The lowest BCUT2D eigenvalue weighted by atomic mass is 9.71. The van der Waals surface area contributed by atoms with Gasteiger partial charge in [0.25, 0.3) is 0 Å². The van der Waals surface area contributed by atoms with Crippen LogP contribution in [-0.2, 0) is 4.74 Å². The lowest BCUT2D eigenvalue weighted by molar-refractivity contribution is -0.0721. The minimum absolute atomic E-state index is 0.0201. The first-order chi connectivity index (χ1) is 15.6. The van der Waals surface area contributed by atoms with Crippen molar-refractivity contribution in [1.29, 1.82) is 0 Å². The summed E-state index contributed by atoms with van der Waals surface area (Å²) >= 11 is 0. The highest BCUT2D eigenvalue weighted by molar-refractivity contribution is 5.33. The summed E-state index contributed by atoms with van der Waals surface area (Å²) in [5.41, 5.74) is 0.526. The molecule has 1 aromatic rings. The summed E-state index contributed by atoms with van der Waals surface area (Å²) in [4.78, 5) is 0. The topological polar surface area (TPSA) is 18.5 Å². The van der Waals surface area contributed by atoms with Crippen LogP contribution >= 0.6 is 0 Å². The first-order valence-electron chi connectivity index (χ1n) is 13.0. The zero-order valence-corrected chi connectivity index (χ0v) is 19.8. The van der Waals surface area contributed by atoms with Gasteiger partial charge in [0, 0.05) is 0 Å². The van der Waals surface area contributed by atoms with Gasteiger partial charge in [0.1, 0.15) is 0 Å². The molecule has 2 unspecified atom stereocenters. The molecule has 2 aliphatic carbocycles. The molecule has 3 aliphatic rings. The van der Waals surface area contributed by atoms with E-state index in [-0.39, 0.29) is 11.7 Å². The molecule has 0 bridgehead atoms. The van der Waals surface area contributed by atoms with Crippen molar-refractivity contribution in [3.8, 4) is 5.75 Å². The van der Waals surface area contributed by atoms with E-state index in [9.17, 15) is 8.78 Å². The van der Waals surface area contributed by atoms with Crippen molar-refractivity contribution in [2.45, 2.75) is 90.1 Å². The normalized spacial score (nSPS) is 34.0. The van der Waals surface area contributed by atoms with E-state index >= 15 is 0 Å². The number of benzene rings is 1. The maximum atomic E-state index is 14.6. The van der Waals surface area contributed by atoms with Crippen LogP contribution in [0.3, 0.4) is 0 Å². The monoisotopic (exact) mass is 446 g/mol. The molecule has 1 aliphatic heterocycles. The van der Waals surface area contributed by atoms with E-state index in [1.807, 2.05) is 0 Å². The molecule has 4 heteroatoms. The summed E-state index contributed by atoms with van der Waals surface area (Å²) in [6.07, 6.45) is 16.8. The molecular weight excluding hydrogens is 406 g/mol. The number of hydrogen-bond donors (Lipinski definition) is 0. The Morgan fingerprint density at radius 2 is 1.56 bits per heavy atom. The smallest absolute Gasteiger partial charge is 0.200 e. The van der Waals surface area contributed by atoms with Gasteiger partial charge in [0.2, 0.25) is 5.82 Å². The summed E-state index contributed by atoms with van der Waals surface area (Å²) in [7, 11) is 0. The highest BCUT2D eigenvalue weighted by atomic mass is 19.2. The highest BCUT2D eigenvalue weighted by Gasteiger charge is 2.36. The molecule has 2 nitrogen and oxygen atoms in total. The minimum atomic E-state index is -0.835. The Hall–Kier alpha value is -1.42. The van der Waals surface area contributed by atoms with E-state index in [0.717, 1.165) is 44.1 Å². The van der Waals surface area contributed by atoms with Crippen molar-refractivity contribution in [2.24, 2.45) is 23.7 Å². The van der Waals surface area contributed by atoms with Gasteiger partial charge >= 0.3 is 0 Å². The van der Waals surface area contributed by atoms with Gasteiger partial charge in [-0.05, 0) is 119 Å². The van der Waals surface area contributed by atoms with E-state index in [1.54, 1.807) is 19.1 Å². The summed E-state index contributed by atoms with van der Waals surface area (Å²) in [5.74, 6) is 1.39. The minimum Gasteiger partial charge on any atom is -0.491 e. The molecule has 0 spiro atoms. The third-order valence-corrected chi connectivity index (χ3v) is 8.41. The van der Waals surface area contributed by atoms with Gasteiger partial charge in [-0.15, -0.1) is 0 Å². The first kappa shape index (κ1) is 23.7. The van der Waals surface area contributed by atoms with Gasteiger partial charge in [-0.2, -0.15) is 4.39 Å². The van der Waals surface area contributed by atoms with Crippen molar-refractivity contribution >= 4 is 0 Å². The molecule has 0 N–H and O–H groups in total. The Morgan fingerprint density at radius 1 is 0.875 bits per heavy atom. The first-order valence-corrected chi connectivity index (χ1v) is 13.0. The second kappa shape index (κ2) is 11.1. The number of allylic oxidation sites excluding steroid dienone is 2. The maximum Gasteiger partial charge on any atom is 0.200 e. The van der Waals surface area contributed by atoms with Crippen LogP contribution in [0.15, 0.2) is 24.3 Å². The number of ether oxygens (including phenoxy) is 2. The summed E-state index contributed by atoms with van der Waals surface area (Å²) in [6.45, 7) is 5.12. The number of hydrogen-bond acceptors (Lipinski definition) is 2. The fourth-order valence-electron chi connectivity index (χ4n) is 6.55. The molecule has 3 fully saturated rings. The molecule has 0 aromatic heterocycles. The number of halogens is 2. The molecule has 0 radical (unpaired) electrons. The summed E-state index contributed by atoms with van der Waals surface area (Å²) < 4.78 is 40.5. The number of rotatable bonds is 6. The fraction of sp³-hybridized carbons (Fsp3) is 0.714. The molecule has 0 amide bonds. The average molecular weight is 447 g/mol. The average Bonchev–Trinajstić information content (AvgIpc) is 2.83. The Morgan fingerprint density at radius 3 is 2.19 bits per heavy atom. The van der Waals surface area contributed by atoms with Crippen LogP contribution in [0.1, 0.15) is 89.5 Å². The lowest BCUT2D eigenvalue weighted by Crippen LogP contribution is -2.37. The molecule has 178 valence electrons. The van der Waals surface area contributed by atoms with Crippen molar-refractivity contribution < 1.29 is 18.3 Å². The van der Waals surface area contributed by atoms with Crippen LogP contribution in [0.2, 0.25) is 0 Å². The fourth-order valence-corrected chi connectivity index (χ4v) is 6.55. The van der Waals surface area contributed by atoms with Crippen LogP contribution in [0.5, 0.6) is 5.75 Å². The molecule has 1 heterocycles. The lowest BCUT2D eigenvalue weighted by Gasteiger charge is -2.41. The van der Waals surface area contributed by atoms with Crippen molar-refractivity contribution in [3.63, 3.8) is 0 Å². The predicted molar refractivity (Wildman–Crippen MR) is 125 cm³/mol. The van der Waals surface area contributed by atoms with Crippen molar-refractivity contribution in [3.05, 3.63) is 41.5 Å². The second-order valence-corrected chi connectivity index (χ2v) is 10.2. The Balaban J connectivity index is 1.24. The molecule has 32 heavy (non-hydrogen) atoms. The van der Waals surface area contributed by atoms with Gasteiger partial charge in [0.05, 0.1) is 19.3 Å². The SMILES string of the molecule is CC=CC1CCC(C2CCC(C3CCC(c4ccc(OCC)c(F)c4F)CC3)CO2)CC1. The standard InChI is InChI=1S/C28H40F2O2/c1-3-5-19-6-8-22(9-7-19)25-16-14-23(18-32-25)20-10-12-21(13-11-20)24-15-17-26(31-4-2)28(30)27(24)29/h3,5,15,17,19-23,25H,4,6-14,16,18H2,1-2H3. The molecule has 1 aromatic carbocycles. The van der Waals surface area contributed by atoms with Crippen molar-refractivity contribution in [1.82, 2.24) is 0 Å². The third kappa shape index (κ3) is 5.38. The highest BCUT2D eigenvalue weighted by Crippen LogP contribution is 2.44. The molecule has 2 saturated carbocycles.